The van der Waals surface area contributed by atoms with Crippen LogP contribution in [0.15, 0.2) is 57.8 Å². The maximum atomic E-state index is 13.3. The molecule has 0 aliphatic rings. The number of aryl methyl sites for hydroxylation is 2. The molecule has 1 N–H and O–H groups in total. The van der Waals surface area contributed by atoms with Crippen molar-refractivity contribution in [1.29, 1.82) is 0 Å². The van der Waals surface area contributed by atoms with Gasteiger partial charge in [0.15, 0.2) is 5.16 Å². The first-order valence-corrected chi connectivity index (χ1v) is 12.0. The van der Waals surface area contributed by atoms with Crippen molar-refractivity contribution in [3.05, 3.63) is 74.3 Å². The van der Waals surface area contributed by atoms with E-state index in [9.17, 15) is 9.59 Å². The van der Waals surface area contributed by atoms with Crippen molar-refractivity contribution in [3.63, 3.8) is 0 Å². The molecule has 2 aromatic carbocycles. The number of thiophene rings is 1. The summed E-state index contributed by atoms with van der Waals surface area (Å²) in [5.74, 6) is 0.379. The molecule has 0 bridgehead atoms. The maximum Gasteiger partial charge on any atom is 0.276 e. The van der Waals surface area contributed by atoms with E-state index < -0.39 is 0 Å². The fourth-order valence-electron chi connectivity index (χ4n) is 3.33. The number of carbonyl (C=O) groups is 1. The van der Waals surface area contributed by atoms with Crippen LogP contribution in [0.4, 0.5) is 5.69 Å². The van der Waals surface area contributed by atoms with Crippen molar-refractivity contribution >= 4 is 56.5 Å². The van der Waals surface area contributed by atoms with E-state index in [1.165, 1.54) is 30.2 Å². The van der Waals surface area contributed by atoms with Crippen LogP contribution >= 0.6 is 34.7 Å². The molecule has 1 amide bonds. The third kappa shape index (κ3) is 4.53. The molecule has 0 spiro atoms. The molecule has 2 aromatic heterocycles. The van der Waals surface area contributed by atoms with Gasteiger partial charge >= 0.3 is 0 Å². The van der Waals surface area contributed by atoms with Crippen molar-refractivity contribution in [2.45, 2.75) is 19.0 Å². The number of benzene rings is 2. The number of fused-ring (bicyclic) bond motifs is 1. The Balaban J connectivity index is 1.63. The van der Waals surface area contributed by atoms with Crippen LogP contribution in [0.2, 0.25) is 5.02 Å². The predicted octanol–water partition coefficient (Wildman–Crippen LogP) is 5.46. The second kappa shape index (κ2) is 9.36. The molecular weight excluding hydrogens is 466 g/mol. The van der Waals surface area contributed by atoms with Crippen LogP contribution in [0.5, 0.6) is 5.75 Å². The third-order valence-corrected chi connectivity index (χ3v) is 6.94. The minimum absolute atomic E-state index is 0.0800. The lowest BCUT2D eigenvalue weighted by molar-refractivity contribution is -0.113. The predicted molar refractivity (Wildman–Crippen MR) is 132 cm³/mol. The summed E-state index contributed by atoms with van der Waals surface area (Å²) in [5.41, 5.74) is 3.88. The van der Waals surface area contributed by atoms with E-state index in [2.05, 4.69) is 10.3 Å². The summed E-state index contributed by atoms with van der Waals surface area (Å²) in [6.07, 6.45) is 0. The number of methoxy groups -OCH3 is 1. The molecule has 0 fully saturated rings. The minimum Gasteiger partial charge on any atom is -0.495 e. The van der Waals surface area contributed by atoms with Gasteiger partial charge in [0.1, 0.15) is 10.4 Å². The average Bonchev–Trinajstić information content (AvgIpc) is 3.22. The highest BCUT2D eigenvalue weighted by Gasteiger charge is 2.17. The highest BCUT2D eigenvalue weighted by Crippen LogP contribution is 2.28. The first-order valence-electron chi connectivity index (χ1n) is 9.71. The van der Waals surface area contributed by atoms with E-state index in [1.54, 1.807) is 22.8 Å². The van der Waals surface area contributed by atoms with Gasteiger partial charge in [-0.3, -0.25) is 14.2 Å². The molecule has 9 heteroatoms. The van der Waals surface area contributed by atoms with Crippen molar-refractivity contribution in [2.24, 2.45) is 0 Å². The number of hydrogen-bond donors (Lipinski definition) is 1. The summed E-state index contributed by atoms with van der Waals surface area (Å²) in [6, 6.07) is 12.7. The summed E-state index contributed by atoms with van der Waals surface area (Å²) in [5, 5.41) is 5.54. The van der Waals surface area contributed by atoms with E-state index in [4.69, 9.17) is 16.3 Å². The smallest absolute Gasteiger partial charge is 0.276 e. The molecule has 4 rings (SSSR count). The van der Waals surface area contributed by atoms with Crippen LogP contribution in [0.1, 0.15) is 11.1 Å². The van der Waals surface area contributed by atoms with Gasteiger partial charge in [-0.05, 0) is 55.1 Å². The minimum atomic E-state index is -0.233. The van der Waals surface area contributed by atoms with Gasteiger partial charge in [-0.2, -0.15) is 0 Å². The molecule has 0 saturated heterocycles. The lowest BCUT2D eigenvalue weighted by atomic mass is 10.1. The van der Waals surface area contributed by atoms with Crippen LogP contribution in [-0.4, -0.2) is 28.3 Å². The fourth-order valence-corrected chi connectivity index (χ4v) is 5.15. The van der Waals surface area contributed by atoms with Crippen molar-refractivity contribution in [1.82, 2.24) is 9.55 Å². The third-order valence-electron chi connectivity index (χ3n) is 4.81. The van der Waals surface area contributed by atoms with Gasteiger partial charge in [0.05, 0.1) is 29.1 Å². The number of nitrogens with one attached hydrogen (secondary N) is 1. The van der Waals surface area contributed by atoms with Crippen LogP contribution in [0.25, 0.3) is 15.9 Å². The number of nitrogens with zero attached hydrogens (tertiary/aromatic N) is 2. The maximum absolute atomic E-state index is 13.3. The van der Waals surface area contributed by atoms with Crippen molar-refractivity contribution in [2.75, 3.05) is 18.2 Å². The van der Waals surface area contributed by atoms with E-state index in [0.717, 1.165) is 16.8 Å². The number of carbonyl (C=O) groups excluding carboxylic acids is 1. The molecule has 32 heavy (non-hydrogen) atoms. The lowest BCUT2D eigenvalue weighted by Crippen LogP contribution is -2.23. The summed E-state index contributed by atoms with van der Waals surface area (Å²) in [4.78, 5) is 30.5. The first kappa shape index (κ1) is 22.4. The van der Waals surface area contributed by atoms with Crippen molar-refractivity contribution < 1.29 is 9.53 Å². The Morgan fingerprint density at radius 2 is 2.03 bits per heavy atom. The zero-order valence-corrected chi connectivity index (χ0v) is 20.0. The van der Waals surface area contributed by atoms with Crippen molar-refractivity contribution in [3.8, 4) is 11.4 Å². The van der Waals surface area contributed by atoms with Crippen LogP contribution < -0.4 is 15.6 Å². The Labute approximate surface area is 198 Å². The molecule has 0 atom stereocenters. The number of rotatable bonds is 6. The molecule has 0 radical (unpaired) electrons. The van der Waals surface area contributed by atoms with E-state index >= 15 is 0 Å². The van der Waals surface area contributed by atoms with Gasteiger partial charge in [-0.1, -0.05) is 41.1 Å². The SMILES string of the molecule is COc1ccc(NC(=O)CSc2nc3ccsc3c(=O)n2-c2ccc(C)cc2C)cc1Cl. The highest BCUT2D eigenvalue weighted by molar-refractivity contribution is 7.99. The van der Waals surface area contributed by atoms with Gasteiger partial charge in [0.25, 0.3) is 5.56 Å². The molecule has 0 aliphatic carbocycles. The zero-order valence-electron chi connectivity index (χ0n) is 17.6. The molecule has 164 valence electrons. The number of aromatic nitrogens is 2. The summed E-state index contributed by atoms with van der Waals surface area (Å²) < 4.78 is 7.32. The average molecular weight is 486 g/mol. The molecular formula is C23H20ClN3O3S2. The second-order valence-corrected chi connectivity index (χ2v) is 9.41. The van der Waals surface area contributed by atoms with Crippen LogP contribution in [0, 0.1) is 13.8 Å². The van der Waals surface area contributed by atoms with E-state index in [-0.39, 0.29) is 17.2 Å². The molecule has 0 saturated carbocycles. The van der Waals surface area contributed by atoms with Crippen LogP contribution in [0.3, 0.4) is 0 Å². The Morgan fingerprint density at radius 3 is 2.75 bits per heavy atom. The molecule has 0 unspecified atom stereocenters. The van der Waals surface area contributed by atoms with Gasteiger partial charge in [-0.25, -0.2) is 4.98 Å². The summed E-state index contributed by atoms with van der Waals surface area (Å²) in [7, 11) is 1.53. The topological polar surface area (TPSA) is 73.2 Å². The number of hydrogen-bond acceptors (Lipinski definition) is 6. The lowest BCUT2D eigenvalue weighted by Gasteiger charge is -2.15. The molecule has 4 aromatic rings. The summed E-state index contributed by atoms with van der Waals surface area (Å²) in [6.45, 7) is 3.97. The number of ether oxygens (including phenoxy) is 1. The Hall–Kier alpha value is -2.81. The quantitative estimate of drug-likeness (QED) is 0.290. The number of amides is 1. The van der Waals surface area contributed by atoms with Gasteiger partial charge in [-0.15, -0.1) is 11.3 Å². The van der Waals surface area contributed by atoms with Gasteiger partial charge in [0, 0.05) is 5.69 Å². The second-order valence-electron chi connectivity index (χ2n) is 7.15. The number of thioether (sulfide) groups is 1. The van der Waals surface area contributed by atoms with Crippen LogP contribution in [-0.2, 0) is 4.79 Å². The molecule has 0 aliphatic heterocycles. The molecule has 2 heterocycles. The van der Waals surface area contributed by atoms with E-state index in [1.807, 2.05) is 43.5 Å². The van der Waals surface area contributed by atoms with Gasteiger partial charge < -0.3 is 10.1 Å². The largest absolute Gasteiger partial charge is 0.495 e. The highest BCUT2D eigenvalue weighted by atomic mass is 35.5. The number of anilines is 1. The Bertz CT molecular complexity index is 1380. The van der Waals surface area contributed by atoms with E-state index in [0.29, 0.717) is 31.8 Å². The molecule has 6 nitrogen and oxygen atoms in total. The monoisotopic (exact) mass is 485 g/mol. The van der Waals surface area contributed by atoms with Gasteiger partial charge in [0.2, 0.25) is 5.91 Å². The standard InChI is InChI=1S/C23H20ClN3O3S2/c1-13-4-6-18(14(2)10-13)27-22(29)21-17(8-9-31-21)26-23(27)32-12-20(28)25-15-5-7-19(30-3)16(24)11-15/h4-11H,12H2,1-3H3,(H,25,28). The fraction of sp³-hybridized carbons (Fsp3) is 0.174. The Morgan fingerprint density at radius 1 is 1.22 bits per heavy atom. The number of halogens is 1. The first-order chi connectivity index (χ1) is 15.4. The Kier molecular flexibility index (Phi) is 6.55. The normalized spacial score (nSPS) is 11.0. The zero-order chi connectivity index (χ0) is 22.8. The summed E-state index contributed by atoms with van der Waals surface area (Å²) >= 11 is 8.71.